The Balaban J connectivity index is 2.41. The molecule has 0 saturated carbocycles. The van der Waals surface area contributed by atoms with Crippen LogP contribution >= 0.6 is 0 Å². The second-order valence-electron chi connectivity index (χ2n) is 5.85. The van der Waals surface area contributed by atoms with Crippen molar-refractivity contribution in [3.8, 4) is 5.75 Å². The van der Waals surface area contributed by atoms with Crippen molar-refractivity contribution >= 4 is 10.0 Å². The molecule has 0 aliphatic carbocycles. The summed E-state index contributed by atoms with van der Waals surface area (Å²) in [5, 5.41) is 6.75. The lowest BCUT2D eigenvalue weighted by molar-refractivity contribution is 0.397. The van der Waals surface area contributed by atoms with Crippen molar-refractivity contribution in [3.05, 3.63) is 41.2 Å². The molecule has 0 fully saturated rings. The zero-order valence-electron chi connectivity index (χ0n) is 14.1. The number of methoxy groups -OCH3 is 1. The smallest absolute Gasteiger partial charge is 0.246 e. The molecular weight excluding hydrogens is 314 g/mol. The second-order valence-corrected chi connectivity index (χ2v) is 7.86. The van der Waals surface area contributed by atoms with Gasteiger partial charge in [0.1, 0.15) is 10.6 Å². The second kappa shape index (κ2) is 6.72. The van der Waals surface area contributed by atoms with Gasteiger partial charge in [0.15, 0.2) is 0 Å². The molecule has 0 bridgehead atoms. The van der Waals surface area contributed by atoms with Gasteiger partial charge in [-0.3, -0.25) is 5.10 Å². The van der Waals surface area contributed by atoms with Gasteiger partial charge < -0.3 is 4.74 Å². The summed E-state index contributed by atoms with van der Waals surface area (Å²) in [5.41, 5.74) is 2.65. The Labute approximate surface area is 137 Å². The fourth-order valence-corrected chi connectivity index (χ4v) is 3.62. The van der Waals surface area contributed by atoms with E-state index in [0.29, 0.717) is 5.75 Å². The van der Waals surface area contributed by atoms with Crippen LogP contribution in [-0.2, 0) is 16.6 Å². The molecule has 1 N–H and O–H groups in total. The molecular formula is C16H23N3O3S. The number of ether oxygens (including phenoxy) is 1. The van der Waals surface area contributed by atoms with Crippen LogP contribution in [0, 0.1) is 6.92 Å². The van der Waals surface area contributed by atoms with E-state index in [1.54, 1.807) is 25.4 Å². The Kier molecular flexibility index (Phi) is 5.11. The number of aromatic nitrogens is 2. The molecule has 7 heteroatoms. The van der Waals surface area contributed by atoms with E-state index in [4.69, 9.17) is 4.74 Å². The minimum atomic E-state index is -3.66. The van der Waals surface area contributed by atoms with E-state index in [1.807, 2.05) is 26.8 Å². The molecule has 23 heavy (non-hydrogen) atoms. The number of hydrogen-bond donors (Lipinski definition) is 1. The molecule has 0 aliphatic rings. The Morgan fingerprint density at radius 1 is 1.35 bits per heavy atom. The molecule has 6 nitrogen and oxygen atoms in total. The minimum absolute atomic E-state index is 0.190. The van der Waals surface area contributed by atoms with E-state index in [-0.39, 0.29) is 17.4 Å². The van der Waals surface area contributed by atoms with Crippen LogP contribution in [-0.4, -0.2) is 37.1 Å². The van der Waals surface area contributed by atoms with Gasteiger partial charge in [-0.2, -0.15) is 9.40 Å². The van der Waals surface area contributed by atoms with Crippen LogP contribution in [0.15, 0.2) is 29.3 Å². The normalized spacial score (nSPS) is 12.1. The Morgan fingerprint density at radius 2 is 2.04 bits per heavy atom. The molecule has 0 radical (unpaired) electrons. The summed E-state index contributed by atoms with van der Waals surface area (Å²) in [6.45, 7) is 6.16. The highest BCUT2D eigenvalue weighted by molar-refractivity contribution is 7.89. The highest BCUT2D eigenvalue weighted by atomic mass is 32.2. The highest BCUT2D eigenvalue weighted by Crippen LogP contribution is 2.30. The molecule has 126 valence electrons. The van der Waals surface area contributed by atoms with Gasteiger partial charge in [0.05, 0.1) is 13.3 Å². The van der Waals surface area contributed by atoms with Crippen LogP contribution in [0.4, 0.5) is 0 Å². The first-order valence-electron chi connectivity index (χ1n) is 7.40. The van der Waals surface area contributed by atoms with E-state index in [0.717, 1.165) is 16.8 Å². The average Bonchev–Trinajstić information content (AvgIpc) is 2.91. The molecule has 0 saturated heterocycles. The molecule has 0 unspecified atom stereocenters. The third kappa shape index (κ3) is 3.56. The van der Waals surface area contributed by atoms with Gasteiger partial charge in [0, 0.05) is 24.8 Å². The van der Waals surface area contributed by atoms with Crippen LogP contribution in [0.25, 0.3) is 0 Å². The number of rotatable bonds is 6. The first-order valence-corrected chi connectivity index (χ1v) is 8.84. The fraction of sp³-hybridized carbons (Fsp3) is 0.438. The number of aryl methyl sites for hydroxylation is 1. The fourth-order valence-electron chi connectivity index (χ4n) is 2.28. The minimum Gasteiger partial charge on any atom is -0.495 e. The van der Waals surface area contributed by atoms with E-state index in [2.05, 4.69) is 10.2 Å². The number of nitrogens with zero attached hydrogens (tertiary/aromatic N) is 2. The number of hydrogen-bond acceptors (Lipinski definition) is 4. The molecule has 0 aliphatic heterocycles. The average molecular weight is 337 g/mol. The predicted octanol–water partition coefficient (Wildman–Crippen LogP) is 2.67. The summed E-state index contributed by atoms with van der Waals surface area (Å²) in [5.74, 6) is 0.585. The molecule has 1 heterocycles. The van der Waals surface area contributed by atoms with Crippen LogP contribution in [0.5, 0.6) is 5.75 Å². The molecule has 0 spiro atoms. The lowest BCUT2D eigenvalue weighted by atomic mass is 10.0. The molecule has 1 aromatic carbocycles. The van der Waals surface area contributed by atoms with Gasteiger partial charge in [0.2, 0.25) is 10.0 Å². The lowest BCUT2D eigenvalue weighted by Gasteiger charge is -2.20. The molecule has 0 amide bonds. The quantitative estimate of drug-likeness (QED) is 0.879. The Hall–Kier alpha value is -1.86. The van der Waals surface area contributed by atoms with Crippen molar-refractivity contribution in [1.82, 2.24) is 14.5 Å². The van der Waals surface area contributed by atoms with Gasteiger partial charge in [-0.25, -0.2) is 8.42 Å². The summed E-state index contributed by atoms with van der Waals surface area (Å²) in [4.78, 5) is 0.190. The molecule has 2 aromatic rings. The van der Waals surface area contributed by atoms with Gasteiger partial charge in [-0.05, 0) is 30.5 Å². The van der Waals surface area contributed by atoms with E-state index in [1.165, 1.54) is 11.4 Å². The summed E-state index contributed by atoms with van der Waals surface area (Å²) in [7, 11) is -0.629. The topological polar surface area (TPSA) is 75.3 Å². The monoisotopic (exact) mass is 337 g/mol. The maximum atomic E-state index is 12.9. The number of nitrogens with one attached hydrogen (secondary N) is 1. The van der Waals surface area contributed by atoms with E-state index < -0.39 is 10.0 Å². The first-order chi connectivity index (χ1) is 10.8. The number of benzene rings is 1. The van der Waals surface area contributed by atoms with Crippen LogP contribution in [0.2, 0.25) is 0 Å². The SMILES string of the molecule is COc1ccc(C(C)C)cc1S(=O)(=O)N(C)Cc1cn[nH]c1C. The van der Waals surface area contributed by atoms with Crippen molar-refractivity contribution in [2.75, 3.05) is 14.2 Å². The molecule has 2 rings (SSSR count). The maximum absolute atomic E-state index is 12.9. The molecule has 1 aromatic heterocycles. The van der Waals surface area contributed by atoms with Gasteiger partial charge in [0.25, 0.3) is 0 Å². The zero-order chi connectivity index (χ0) is 17.2. The van der Waals surface area contributed by atoms with Gasteiger partial charge in [-0.15, -0.1) is 0 Å². The van der Waals surface area contributed by atoms with Gasteiger partial charge in [-0.1, -0.05) is 19.9 Å². The number of aromatic amines is 1. The van der Waals surface area contributed by atoms with Crippen molar-refractivity contribution in [2.24, 2.45) is 0 Å². The Morgan fingerprint density at radius 3 is 2.57 bits per heavy atom. The van der Waals surface area contributed by atoms with Crippen LogP contribution in [0.1, 0.15) is 36.6 Å². The summed E-state index contributed by atoms with van der Waals surface area (Å²) >= 11 is 0. The Bertz CT molecular complexity index is 782. The number of H-pyrrole nitrogens is 1. The van der Waals surface area contributed by atoms with Crippen LogP contribution in [0.3, 0.4) is 0 Å². The van der Waals surface area contributed by atoms with Crippen molar-refractivity contribution in [3.63, 3.8) is 0 Å². The molecule has 0 atom stereocenters. The predicted molar refractivity (Wildman–Crippen MR) is 89.1 cm³/mol. The summed E-state index contributed by atoms with van der Waals surface area (Å²) in [6, 6.07) is 5.29. The third-order valence-corrected chi connectivity index (χ3v) is 5.69. The van der Waals surface area contributed by atoms with E-state index >= 15 is 0 Å². The maximum Gasteiger partial charge on any atom is 0.246 e. The largest absolute Gasteiger partial charge is 0.495 e. The van der Waals surface area contributed by atoms with E-state index in [9.17, 15) is 8.42 Å². The highest BCUT2D eigenvalue weighted by Gasteiger charge is 2.26. The zero-order valence-corrected chi connectivity index (χ0v) is 14.9. The van der Waals surface area contributed by atoms with Crippen molar-refractivity contribution < 1.29 is 13.2 Å². The van der Waals surface area contributed by atoms with Crippen molar-refractivity contribution in [1.29, 1.82) is 0 Å². The standard InChI is InChI=1S/C16H23N3O3S/c1-11(2)13-6-7-15(22-5)16(8-13)23(20,21)19(4)10-14-9-17-18-12(14)3/h6-9,11H,10H2,1-5H3,(H,17,18). The van der Waals surface area contributed by atoms with Crippen LogP contribution < -0.4 is 4.74 Å². The third-order valence-electron chi connectivity index (χ3n) is 3.87. The summed E-state index contributed by atoms with van der Waals surface area (Å²) in [6.07, 6.45) is 1.64. The number of sulfonamides is 1. The lowest BCUT2D eigenvalue weighted by Crippen LogP contribution is -2.27. The van der Waals surface area contributed by atoms with Gasteiger partial charge >= 0.3 is 0 Å². The van der Waals surface area contributed by atoms with Crippen molar-refractivity contribution in [2.45, 2.75) is 38.1 Å². The summed E-state index contributed by atoms with van der Waals surface area (Å²) < 4.78 is 32.4. The first kappa shape index (κ1) is 17.5.